The zero-order valence-electron chi connectivity index (χ0n) is 9.01. The molecule has 0 amide bonds. The monoisotopic (exact) mass is 225 g/mol. The van der Waals surface area contributed by atoms with Crippen LogP contribution in [0, 0.1) is 0 Å². The number of nitrogens with two attached hydrogens (primary N) is 1. The van der Waals surface area contributed by atoms with Crippen LogP contribution < -0.4 is 5.73 Å². The minimum absolute atomic E-state index is 0.222. The molecule has 1 aromatic heterocycles. The number of anilines is 1. The summed E-state index contributed by atoms with van der Waals surface area (Å²) in [5.41, 5.74) is 8.99. The van der Waals surface area contributed by atoms with Gasteiger partial charge in [0.25, 0.3) is 0 Å². The summed E-state index contributed by atoms with van der Waals surface area (Å²) in [6.07, 6.45) is 0. The maximum Gasteiger partial charge on any atom is 0.138 e. The molecule has 0 fully saturated rings. The summed E-state index contributed by atoms with van der Waals surface area (Å²) in [6, 6.07) is 12.6. The van der Waals surface area contributed by atoms with Gasteiger partial charge in [0.2, 0.25) is 0 Å². The Morgan fingerprint density at radius 1 is 1.12 bits per heavy atom. The number of hydrogen-bond acceptors (Lipinski definition) is 3. The van der Waals surface area contributed by atoms with Crippen LogP contribution in [0.3, 0.4) is 0 Å². The molecule has 84 valence electrons. The highest BCUT2D eigenvalue weighted by atomic mass is 16.3. The third-order valence-corrected chi connectivity index (χ3v) is 2.63. The number of phenols is 1. The molecule has 0 saturated carbocycles. The predicted octanol–water partition coefficient (Wildman–Crippen LogP) is 2.52. The van der Waals surface area contributed by atoms with Crippen molar-refractivity contribution in [2.24, 2.45) is 0 Å². The molecule has 0 bridgehead atoms. The quantitative estimate of drug-likeness (QED) is 0.557. The number of imidazole rings is 1. The van der Waals surface area contributed by atoms with Gasteiger partial charge in [-0.2, -0.15) is 0 Å². The molecule has 0 aliphatic carbocycles. The third-order valence-electron chi connectivity index (χ3n) is 2.63. The van der Waals surface area contributed by atoms with Crippen molar-refractivity contribution in [3.05, 3.63) is 42.5 Å². The molecule has 1 heterocycles. The Kier molecular flexibility index (Phi) is 2.01. The van der Waals surface area contributed by atoms with E-state index < -0.39 is 0 Å². The highest BCUT2D eigenvalue weighted by Gasteiger charge is 2.05. The number of benzene rings is 2. The number of aromatic nitrogens is 2. The van der Waals surface area contributed by atoms with Crippen LogP contribution in [0.2, 0.25) is 0 Å². The summed E-state index contributed by atoms with van der Waals surface area (Å²) in [7, 11) is 0. The number of phenolic OH excluding ortho intramolecular Hbond substituents is 1. The van der Waals surface area contributed by atoms with Crippen LogP contribution in [0.4, 0.5) is 5.69 Å². The number of aromatic hydroxyl groups is 1. The Morgan fingerprint density at radius 2 is 2.00 bits per heavy atom. The molecule has 0 spiro atoms. The van der Waals surface area contributed by atoms with Gasteiger partial charge in [0.15, 0.2) is 0 Å². The summed E-state index contributed by atoms with van der Waals surface area (Å²) in [5, 5.41) is 9.39. The first-order valence-electron chi connectivity index (χ1n) is 5.27. The number of nitrogen functional groups attached to an aromatic ring is 1. The highest BCUT2D eigenvalue weighted by Crippen LogP contribution is 2.24. The zero-order chi connectivity index (χ0) is 11.8. The Balaban J connectivity index is 2.18. The molecule has 2 aromatic carbocycles. The summed E-state index contributed by atoms with van der Waals surface area (Å²) < 4.78 is 0. The molecular weight excluding hydrogens is 214 g/mol. The predicted molar refractivity (Wildman–Crippen MR) is 67.6 cm³/mol. The third kappa shape index (κ3) is 1.69. The Labute approximate surface area is 97.7 Å². The van der Waals surface area contributed by atoms with Crippen molar-refractivity contribution in [2.75, 3.05) is 5.73 Å². The summed E-state index contributed by atoms with van der Waals surface area (Å²) >= 11 is 0. The first-order valence-corrected chi connectivity index (χ1v) is 5.27. The van der Waals surface area contributed by atoms with Gasteiger partial charge in [0, 0.05) is 17.3 Å². The molecule has 0 atom stereocenters. The van der Waals surface area contributed by atoms with Crippen LogP contribution in [-0.2, 0) is 0 Å². The van der Waals surface area contributed by atoms with E-state index in [0.717, 1.165) is 22.4 Å². The number of fused-ring (bicyclic) bond motifs is 1. The summed E-state index contributed by atoms with van der Waals surface area (Å²) in [6.45, 7) is 0. The smallest absolute Gasteiger partial charge is 0.138 e. The van der Waals surface area contributed by atoms with Gasteiger partial charge in [-0.1, -0.05) is 12.1 Å². The van der Waals surface area contributed by atoms with Crippen LogP contribution in [-0.4, -0.2) is 15.1 Å². The van der Waals surface area contributed by atoms with E-state index in [9.17, 15) is 5.11 Å². The fourth-order valence-corrected chi connectivity index (χ4v) is 1.82. The number of hydrogen-bond donors (Lipinski definition) is 3. The molecule has 0 saturated heterocycles. The van der Waals surface area contributed by atoms with Gasteiger partial charge in [-0.3, -0.25) is 0 Å². The van der Waals surface area contributed by atoms with Gasteiger partial charge < -0.3 is 15.8 Å². The minimum atomic E-state index is 0.222. The van der Waals surface area contributed by atoms with Gasteiger partial charge in [0.1, 0.15) is 11.6 Å². The average molecular weight is 225 g/mol. The van der Waals surface area contributed by atoms with Crippen molar-refractivity contribution >= 4 is 16.7 Å². The second-order valence-corrected chi connectivity index (χ2v) is 3.91. The van der Waals surface area contributed by atoms with E-state index in [0.29, 0.717) is 5.69 Å². The fourth-order valence-electron chi connectivity index (χ4n) is 1.82. The van der Waals surface area contributed by atoms with Crippen molar-refractivity contribution in [1.29, 1.82) is 0 Å². The Morgan fingerprint density at radius 3 is 2.82 bits per heavy atom. The molecular formula is C13H11N3O. The normalized spacial score (nSPS) is 10.8. The Hall–Kier alpha value is -2.49. The van der Waals surface area contributed by atoms with Crippen molar-refractivity contribution < 1.29 is 5.11 Å². The van der Waals surface area contributed by atoms with Crippen molar-refractivity contribution in [2.45, 2.75) is 0 Å². The van der Waals surface area contributed by atoms with E-state index in [4.69, 9.17) is 5.73 Å². The molecule has 0 aliphatic rings. The second kappa shape index (κ2) is 3.52. The molecule has 3 rings (SSSR count). The number of H-pyrrole nitrogens is 1. The largest absolute Gasteiger partial charge is 0.508 e. The maximum atomic E-state index is 9.39. The van der Waals surface area contributed by atoms with E-state index >= 15 is 0 Å². The molecule has 4 nitrogen and oxygen atoms in total. The molecule has 17 heavy (non-hydrogen) atoms. The lowest BCUT2D eigenvalue weighted by atomic mass is 10.2. The van der Waals surface area contributed by atoms with Gasteiger partial charge in [-0.05, 0) is 24.3 Å². The van der Waals surface area contributed by atoms with Crippen LogP contribution in [0.1, 0.15) is 0 Å². The van der Waals surface area contributed by atoms with Gasteiger partial charge in [-0.25, -0.2) is 4.98 Å². The number of aromatic amines is 1. The van der Waals surface area contributed by atoms with Crippen LogP contribution in [0.15, 0.2) is 42.5 Å². The van der Waals surface area contributed by atoms with Crippen molar-refractivity contribution in [1.82, 2.24) is 9.97 Å². The van der Waals surface area contributed by atoms with E-state index in [1.54, 1.807) is 18.2 Å². The maximum absolute atomic E-state index is 9.39. The van der Waals surface area contributed by atoms with E-state index in [1.165, 1.54) is 0 Å². The second-order valence-electron chi connectivity index (χ2n) is 3.91. The van der Waals surface area contributed by atoms with Crippen molar-refractivity contribution in [3.63, 3.8) is 0 Å². The van der Waals surface area contributed by atoms with Gasteiger partial charge in [-0.15, -0.1) is 0 Å². The standard InChI is InChI=1S/C13H11N3O/c14-9-3-1-2-8(6-9)13-15-11-5-4-10(17)7-12(11)16-13/h1-7,17H,14H2,(H,15,16). The highest BCUT2D eigenvalue weighted by molar-refractivity contribution is 5.81. The molecule has 0 radical (unpaired) electrons. The van der Waals surface area contributed by atoms with Gasteiger partial charge in [0.05, 0.1) is 11.0 Å². The lowest BCUT2D eigenvalue weighted by Crippen LogP contribution is -1.86. The van der Waals surface area contributed by atoms with Crippen molar-refractivity contribution in [3.8, 4) is 17.1 Å². The minimum Gasteiger partial charge on any atom is -0.508 e. The summed E-state index contributed by atoms with van der Waals surface area (Å²) in [5.74, 6) is 0.971. The lowest BCUT2D eigenvalue weighted by molar-refractivity contribution is 0.476. The first-order chi connectivity index (χ1) is 8.22. The van der Waals surface area contributed by atoms with Crippen LogP contribution in [0.5, 0.6) is 5.75 Å². The fraction of sp³-hybridized carbons (Fsp3) is 0. The van der Waals surface area contributed by atoms with E-state index in [1.807, 2.05) is 24.3 Å². The first kappa shape index (κ1) is 9.72. The van der Waals surface area contributed by atoms with E-state index in [-0.39, 0.29) is 5.75 Å². The molecule has 3 aromatic rings. The van der Waals surface area contributed by atoms with Crippen LogP contribution >= 0.6 is 0 Å². The molecule has 0 unspecified atom stereocenters. The topological polar surface area (TPSA) is 74.9 Å². The molecule has 4 heteroatoms. The van der Waals surface area contributed by atoms with Crippen LogP contribution in [0.25, 0.3) is 22.4 Å². The zero-order valence-corrected chi connectivity index (χ0v) is 9.01. The number of nitrogens with one attached hydrogen (secondary N) is 1. The lowest BCUT2D eigenvalue weighted by Gasteiger charge is -1.97. The summed E-state index contributed by atoms with van der Waals surface area (Å²) in [4.78, 5) is 7.60. The average Bonchev–Trinajstić information content (AvgIpc) is 2.72. The number of nitrogens with zero attached hydrogens (tertiary/aromatic N) is 1. The Bertz CT molecular complexity index is 688. The molecule has 0 aliphatic heterocycles. The van der Waals surface area contributed by atoms with E-state index in [2.05, 4.69) is 9.97 Å². The SMILES string of the molecule is Nc1cccc(-c2nc3ccc(O)cc3[nH]2)c1. The molecule has 4 N–H and O–H groups in total. The van der Waals surface area contributed by atoms with Gasteiger partial charge >= 0.3 is 0 Å². The number of rotatable bonds is 1.